The van der Waals surface area contributed by atoms with Gasteiger partial charge in [0.25, 0.3) is 0 Å². The lowest BCUT2D eigenvalue weighted by Gasteiger charge is -2.28. The number of carbonyl (C=O) groups excluding carboxylic acids is 2. The SMILES string of the molecule is C.CC1=[N+](CCCCS(=O)(=O)[O-])c2ccccc2C1(C)C.CN(C(=O)OC(C)(C)C)C1=C(/C=C/C2=[N+](CCCCS(=O)(=O)[O-])c3ccccc3C2(C)C)CC/C1=C\C=C1\N(CCCCS(C)(=O)=O)c2ccccc2C1(C)C.CN(C(=O)OC(C)(C)C)C1=C(C=[N+]2CCc3ccccc32)CC/C1=C\N1CCc2ccccc21.O=S(=O)([O-])C(F)(F)F. The van der Waals surface area contributed by atoms with Crippen LogP contribution in [0.25, 0.3) is 0 Å². The van der Waals surface area contributed by atoms with Gasteiger partial charge in [-0.3, -0.25) is 9.80 Å². The van der Waals surface area contributed by atoms with Gasteiger partial charge in [-0.05, 0) is 173 Å². The van der Waals surface area contributed by atoms with Gasteiger partial charge in [-0.1, -0.05) is 124 Å². The molecule has 0 bridgehead atoms. The number of unbranched alkanes of at least 4 members (excludes halogenated alkanes) is 3. The van der Waals surface area contributed by atoms with Crippen molar-refractivity contribution >= 4 is 98.5 Å². The van der Waals surface area contributed by atoms with E-state index in [1.54, 1.807) is 16.8 Å². The zero-order chi connectivity index (χ0) is 87.1. The molecule has 648 valence electrons. The first-order valence-corrected chi connectivity index (χ1v) is 46.6. The van der Waals surface area contributed by atoms with Crippen LogP contribution >= 0.6 is 0 Å². The second kappa shape index (κ2) is 38.1. The Kier molecular flexibility index (Phi) is 30.6. The Labute approximate surface area is 703 Å². The lowest BCUT2D eigenvalue weighted by molar-refractivity contribution is -0.439. The number of rotatable bonds is 22. The van der Waals surface area contributed by atoms with Crippen molar-refractivity contribution in [3.8, 4) is 0 Å². The molecule has 0 radical (unpaired) electrons. The number of amides is 2. The van der Waals surface area contributed by atoms with Crippen molar-refractivity contribution in [2.24, 2.45) is 0 Å². The number of fused-ring (bicyclic) bond motifs is 5. The normalized spacial score (nSPS) is 18.6. The fourth-order valence-electron chi connectivity index (χ4n) is 16.2. The first-order chi connectivity index (χ1) is 54.8. The van der Waals surface area contributed by atoms with Crippen LogP contribution in [0.15, 0.2) is 191 Å². The minimum Gasteiger partial charge on any atom is -0.748 e. The average Bonchev–Trinajstić information content (AvgIpc) is 1.60. The first kappa shape index (κ1) is 95.6. The molecule has 0 aromatic heterocycles. The summed E-state index contributed by atoms with van der Waals surface area (Å²) in [5.41, 5.74) is 14.3. The highest BCUT2D eigenvalue weighted by Crippen LogP contribution is 2.49. The van der Waals surface area contributed by atoms with Gasteiger partial charge in [0.1, 0.15) is 34.1 Å². The van der Waals surface area contributed by atoms with Crippen molar-refractivity contribution in [3.63, 3.8) is 0 Å². The zero-order valence-electron chi connectivity index (χ0n) is 70.7. The third-order valence-electron chi connectivity index (χ3n) is 22.2. The van der Waals surface area contributed by atoms with Crippen molar-refractivity contribution in [2.75, 3.05) is 80.1 Å². The number of alkyl halides is 3. The van der Waals surface area contributed by atoms with Crippen LogP contribution in [0, 0.1) is 0 Å². The highest BCUT2D eigenvalue weighted by atomic mass is 32.2. The highest BCUT2D eigenvalue weighted by Gasteiger charge is 2.46. The maximum absolute atomic E-state index is 13.7. The molecule has 0 N–H and O–H groups in total. The molecule has 2 amide bonds. The Morgan fingerprint density at radius 2 is 0.992 bits per heavy atom. The van der Waals surface area contributed by atoms with E-state index in [1.165, 1.54) is 62.4 Å². The molecule has 0 unspecified atom stereocenters. The lowest BCUT2D eigenvalue weighted by Crippen LogP contribution is -2.34. The van der Waals surface area contributed by atoms with E-state index >= 15 is 0 Å². The third kappa shape index (κ3) is 24.3. The first-order valence-electron chi connectivity index (χ1n) is 39.9. The monoisotopic (exact) mass is 1720 g/mol. The molecule has 119 heavy (non-hydrogen) atoms. The largest absolute Gasteiger partial charge is 0.748 e. The van der Waals surface area contributed by atoms with Gasteiger partial charge in [-0.2, -0.15) is 26.9 Å². The topological polar surface area (TPSA) is 280 Å². The van der Waals surface area contributed by atoms with Gasteiger partial charge >= 0.3 is 17.7 Å². The quantitative estimate of drug-likeness (QED) is 0.0269. The van der Waals surface area contributed by atoms with Gasteiger partial charge < -0.3 is 32.9 Å². The predicted molar refractivity (Wildman–Crippen MR) is 462 cm³/mol. The van der Waals surface area contributed by atoms with Gasteiger partial charge in [0.15, 0.2) is 34.3 Å². The van der Waals surface area contributed by atoms with Crippen molar-refractivity contribution in [3.05, 3.63) is 219 Å². The summed E-state index contributed by atoms with van der Waals surface area (Å²) in [5.74, 6) is -0.507. The van der Waals surface area contributed by atoms with E-state index in [-0.39, 0.29) is 53.4 Å². The fourth-order valence-corrected chi connectivity index (χ4v) is 18.0. The Hall–Kier alpha value is -8.84. The number of likely N-dealkylation sites (N-methyl/N-ethyl adjacent to an activating group) is 2. The molecule has 0 atom stereocenters. The number of benzene rings is 5. The lowest BCUT2D eigenvalue weighted by atomic mass is 9.81. The molecule has 0 fully saturated rings. The molecule has 22 nitrogen and oxygen atoms in total. The van der Waals surface area contributed by atoms with Crippen LogP contribution in [0.1, 0.15) is 189 Å². The highest BCUT2D eigenvalue weighted by molar-refractivity contribution is 7.90. The number of halogens is 3. The Morgan fingerprint density at radius 3 is 1.54 bits per heavy atom. The number of carbonyl (C=O) groups is 2. The van der Waals surface area contributed by atoms with Crippen LogP contribution in [0.2, 0.25) is 0 Å². The minimum atomic E-state index is -6.09. The molecular formula is C90H118F3N7O15S4. The number of nitrogens with zero attached hydrogens (tertiary/aromatic N) is 7. The van der Waals surface area contributed by atoms with E-state index in [1.807, 2.05) is 78.9 Å². The van der Waals surface area contributed by atoms with Crippen molar-refractivity contribution < 1.29 is 93.3 Å². The molecule has 29 heteroatoms. The second-order valence-corrected chi connectivity index (χ2v) is 41.0. The molecule has 12 rings (SSSR count). The predicted octanol–water partition coefficient (Wildman–Crippen LogP) is 17.2. The molecule has 0 saturated heterocycles. The van der Waals surface area contributed by atoms with Crippen LogP contribution < -0.4 is 9.80 Å². The van der Waals surface area contributed by atoms with Gasteiger partial charge in [-0.25, -0.2) is 43.3 Å². The number of hydrogen-bond acceptors (Lipinski definition) is 17. The molecule has 5 heterocycles. The Balaban J connectivity index is 0.000000234. The summed E-state index contributed by atoms with van der Waals surface area (Å²) in [5, 5.41) is 0. The number of allylic oxidation sites excluding steroid dienone is 9. The number of anilines is 2. The molecule has 5 aromatic rings. The molecule has 5 aromatic carbocycles. The van der Waals surface area contributed by atoms with Crippen molar-refractivity contribution in [1.29, 1.82) is 0 Å². The van der Waals surface area contributed by atoms with E-state index in [0.29, 0.717) is 51.6 Å². The zero-order valence-corrected chi connectivity index (χ0v) is 73.9. The van der Waals surface area contributed by atoms with Crippen LogP contribution in [0.5, 0.6) is 0 Å². The standard InChI is InChI=1S/C44H59N3O7S2.C29H34N3O2.C15H21NO3S.CHF3O3S.CH4/c1-42(2,3)54-41(48)45(8)40-32(24-26-38-43(4,5)34-18-10-12-20-36(34)46(38)28-14-16-30-55(9,49)50)22-23-33(40)25-27-39-44(6,7)35-19-11-13-21-37(35)47(39)29-15-17-31-56(51,52)53;1-29(2,3)34-28(33)30(4)27-23(19-31-17-15-21-9-5-7-11-25(21)31)13-14-24(27)20-32-18-16-22-10-6-8-12-26(22)32;1-12-15(2,3)13-8-4-5-9-14(13)16(12)10-6-7-11-20(17,18)19;2-1(3,4)8(5,6)7;/h10-13,18-21,24-27H,14-17,22-23,28-31H2,1-9H3;5-12,19-20H,13-18H2,1-4H3;4-5,8-9H,6-7,10-11H2,1-3H3;(H,5,6,7);1H4/q;+1;;;/p-1. The summed E-state index contributed by atoms with van der Waals surface area (Å²) in [6.07, 6.45) is 22.1. The van der Waals surface area contributed by atoms with Crippen LogP contribution in [0.4, 0.5) is 51.2 Å². The summed E-state index contributed by atoms with van der Waals surface area (Å²) in [6, 6.07) is 42.0. The van der Waals surface area contributed by atoms with Crippen molar-refractivity contribution in [1.82, 2.24) is 9.80 Å². The van der Waals surface area contributed by atoms with E-state index in [2.05, 4.69) is 200 Å². The Morgan fingerprint density at radius 1 is 0.529 bits per heavy atom. The van der Waals surface area contributed by atoms with E-state index in [9.17, 15) is 57.1 Å². The number of hydrogen-bond donors (Lipinski definition) is 0. The third-order valence-corrected chi connectivity index (χ3v) is 25.3. The van der Waals surface area contributed by atoms with Crippen LogP contribution in [-0.2, 0) is 78.8 Å². The number of para-hydroxylation sites is 5. The molecule has 5 aliphatic heterocycles. The van der Waals surface area contributed by atoms with E-state index in [4.69, 9.17) is 22.4 Å². The fraction of sp³-hybridized carbons (Fsp3) is 0.478. The molecule has 0 saturated carbocycles. The molecule has 2 aliphatic carbocycles. The molecule has 7 aliphatic rings. The molecule has 0 spiro atoms. The minimum absolute atomic E-state index is 0. The number of sulfone groups is 1. The smallest absolute Gasteiger partial charge is 0.485 e. The van der Waals surface area contributed by atoms with Crippen LogP contribution in [-0.4, -0.2) is 188 Å². The average molecular weight is 1720 g/mol. The van der Waals surface area contributed by atoms with E-state index in [0.717, 1.165) is 103 Å². The Bertz CT molecular complexity index is 5410. The summed E-state index contributed by atoms with van der Waals surface area (Å²) in [4.78, 5) is 34.7. The van der Waals surface area contributed by atoms with Gasteiger partial charge in [-0.15, -0.1) is 0 Å². The summed E-state index contributed by atoms with van der Waals surface area (Å²) < 4.78 is 167. The summed E-state index contributed by atoms with van der Waals surface area (Å²) in [6.45, 7) is 30.5. The van der Waals surface area contributed by atoms with Gasteiger partial charge in [0, 0.05) is 152 Å². The summed E-state index contributed by atoms with van der Waals surface area (Å²) >= 11 is 0. The molecular weight excluding hydrogens is 1600 g/mol. The van der Waals surface area contributed by atoms with E-state index < -0.39 is 63.0 Å². The summed E-state index contributed by atoms with van der Waals surface area (Å²) in [7, 11) is -13.9. The second-order valence-electron chi connectivity index (χ2n) is 34.4. The maximum Gasteiger partial charge on any atom is 0.485 e. The van der Waals surface area contributed by atoms with Crippen LogP contribution in [0.3, 0.4) is 0 Å². The van der Waals surface area contributed by atoms with Gasteiger partial charge in [0.05, 0.1) is 42.5 Å². The van der Waals surface area contributed by atoms with Crippen molar-refractivity contribution in [2.45, 2.75) is 207 Å². The number of ether oxygens (including phenoxy) is 2. The maximum atomic E-state index is 13.7. The van der Waals surface area contributed by atoms with Gasteiger partial charge in [0.2, 0.25) is 17.1 Å².